The lowest BCUT2D eigenvalue weighted by atomic mass is 9.97. The van der Waals surface area contributed by atoms with Crippen molar-refractivity contribution >= 4 is 29.0 Å². The molecule has 1 fully saturated rings. The molecule has 0 aromatic carbocycles. The molecule has 0 radical (unpaired) electrons. The van der Waals surface area contributed by atoms with Crippen molar-refractivity contribution in [2.24, 2.45) is 5.92 Å². The highest BCUT2D eigenvalue weighted by Crippen LogP contribution is 2.21. The zero-order valence-electron chi connectivity index (χ0n) is 15.1. The van der Waals surface area contributed by atoms with Crippen LogP contribution in [0.15, 0.2) is 35.8 Å². The number of amides is 2. The maximum atomic E-state index is 12.5. The van der Waals surface area contributed by atoms with Gasteiger partial charge in [0.2, 0.25) is 5.91 Å². The standard InChI is InChI=1S/C19H24N4O2S/c1-22(2)17-8-7-14(11-20-17)12-21-18(24)15-5-3-9-23(13-15)19(25)16-6-4-10-26-16/h4,6-8,10-11,15H,3,5,9,12-13H2,1-2H3,(H,21,24). The summed E-state index contributed by atoms with van der Waals surface area (Å²) in [6, 6.07) is 7.61. The zero-order chi connectivity index (χ0) is 18.5. The van der Waals surface area contributed by atoms with E-state index in [2.05, 4.69) is 10.3 Å². The van der Waals surface area contributed by atoms with Gasteiger partial charge in [-0.1, -0.05) is 12.1 Å². The van der Waals surface area contributed by atoms with Crippen molar-refractivity contribution < 1.29 is 9.59 Å². The Morgan fingerprint density at radius 1 is 1.35 bits per heavy atom. The van der Waals surface area contributed by atoms with Crippen LogP contribution < -0.4 is 10.2 Å². The van der Waals surface area contributed by atoms with Crippen molar-refractivity contribution in [3.8, 4) is 0 Å². The third-order valence-corrected chi connectivity index (χ3v) is 5.40. The monoisotopic (exact) mass is 372 g/mol. The summed E-state index contributed by atoms with van der Waals surface area (Å²) in [6.07, 6.45) is 3.45. The van der Waals surface area contributed by atoms with Gasteiger partial charge in [-0.25, -0.2) is 4.98 Å². The molecule has 1 N–H and O–H groups in total. The Balaban J connectivity index is 1.53. The molecule has 1 aliphatic heterocycles. The second kappa shape index (κ2) is 8.31. The summed E-state index contributed by atoms with van der Waals surface area (Å²) in [5, 5.41) is 4.88. The van der Waals surface area contributed by atoms with Crippen LogP contribution in [0.5, 0.6) is 0 Å². The molecular formula is C19H24N4O2S. The molecule has 7 heteroatoms. The predicted octanol–water partition coefficient (Wildman–Crippen LogP) is 2.38. The van der Waals surface area contributed by atoms with Crippen molar-refractivity contribution in [1.29, 1.82) is 0 Å². The van der Waals surface area contributed by atoms with Crippen LogP contribution in [0.2, 0.25) is 0 Å². The smallest absolute Gasteiger partial charge is 0.263 e. The number of anilines is 1. The number of rotatable bonds is 5. The lowest BCUT2D eigenvalue weighted by Crippen LogP contribution is -2.45. The number of carbonyl (C=O) groups is 2. The van der Waals surface area contributed by atoms with Gasteiger partial charge in [0.25, 0.3) is 5.91 Å². The molecule has 2 amide bonds. The fraction of sp³-hybridized carbons (Fsp3) is 0.421. The molecule has 1 aliphatic rings. The fourth-order valence-electron chi connectivity index (χ4n) is 3.05. The van der Waals surface area contributed by atoms with Crippen LogP contribution in [0.4, 0.5) is 5.82 Å². The minimum atomic E-state index is -0.151. The van der Waals surface area contributed by atoms with Crippen molar-refractivity contribution in [3.63, 3.8) is 0 Å². The first-order chi connectivity index (χ1) is 12.5. The Hall–Kier alpha value is -2.41. The topological polar surface area (TPSA) is 65.5 Å². The van der Waals surface area contributed by atoms with E-state index >= 15 is 0 Å². The molecule has 3 rings (SSSR count). The predicted molar refractivity (Wildman–Crippen MR) is 103 cm³/mol. The van der Waals surface area contributed by atoms with Gasteiger partial charge in [0.1, 0.15) is 5.82 Å². The Bertz CT molecular complexity index is 743. The summed E-state index contributed by atoms with van der Waals surface area (Å²) in [4.78, 5) is 33.8. The van der Waals surface area contributed by atoms with E-state index in [0.29, 0.717) is 13.1 Å². The van der Waals surface area contributed by atoms with Crippen molar-refractivity contribution in [3.05, 3.63) is 46.3 Å². The van der Waals surface area contributed by atoms with Crippen molar-refractivity contribution in [1.82, 2.24) is 15.2 Å². The number of aromatic nitrogens is 1. The van der Waals surface area contributed by atoms with Gasteiger partial charge >= 0.3 is 0 Å². The Morgan fingerprint density at radius 2 is 2.19 bits per heavy atom. The van der Waals surface area contributed by atoms with Crippen molar-refractivity contribution in [2.75, 3.05) is 32.1 Å². The molecule has 2 aromatic heterocycles. The molecule has 138 valence electrons. The minimum Gasteiger partial charge on any atom is -0.363 e. The van der Waals surface area contributed by atoms with E-state index in [1.54, 1.807) is 11.1 Å². The first kappa shape index (κ1) is 18.4. The van der Waals surface area contributed by atoms with E-state index in [0.717, 1.165) is 35.6 Å². The Kier molecular flexibility index (Phi) is 5.88. The number of nitrogens with zero attached hydrogens (tertiary/aromatic N) is 3. The third kappa shape index (κ3) is 4.40. The van der Waals surface area contributed by atoms with Crippen molar-refractivity contribution in [2.45, 2.75) is 19.4 Å². The molecule has 26 heavy (non-hydrogen) atoms. The van der Waals surface area contributed by atoms with Crippen LogP contribution in [-0.2, 0) is 11.3 Å². The summed E-state index contributed by atoms with van der Waals surface area (Å²) in [6.45, 7) is 1.66. The van der Waals surface area contributed by atoms with Gasteiger partial charge in [0, 0.05) is 39.9 Å². The van der Waals surface area contributed by atoms with Gasteiger partial charge in [-0.3, -0.25) is 9.59 Å². The third-order valence-electron chi connectivity index (χ3n) is 4.55. The van der Waals surface area contributed by atoms with Gasteiger partial charge in [0.05, 0.1) is 10.8 Å². The first-order valence-corrected chi connectivity index (χ1v) is 9.65. The van der Waals surface area contributed by atoms with Crippen LogP contribution in [-0.4, -0.2) is 48.9 Å². The van der Waals surface area contributed by atoms with Crippen LogP contribution >= 0.6 is 11.3 Å². The van der Waals surface area contributed by atoms with Gasteiger partial charge in [-0.15, -0.1) is 11.3 Å². The number of hydrogen-bond acceptors (Lipinski definition) is 5. The number of carbonyl (C=O) groups excluding carboxylic acids is 2. The molecule has 1 saturated heterocycles. The van der Waals surface area contributed by atoms with Gasteiger partial charge in [-0.05, 0) is 35.9 Å². The number of nitrogens with one attached hydrogen (secondary N) is 1. The second-order valence-electron chi connectivity index (χ2n) is 6.70. The van der Waals surface area contributed by atoms with Crippen LogP contribution in [0.25, 0.3) is 0 Å². The summed E-state index contributed by atoms with van der Waals surface area (Å²) in [5.41, 5.74) is 0.964. The molecule has 0 spiro atoms. The molecular weight excluding hydrogens is 348 g/mol. The average Bonchev–Trinajstić information content (AvgIpc) is 3.20. The van der Waals surface area contributed by atoms with E-state index in [9.17, 15) is 9.59 Å². The number of likely N-dealkylation sites (tertiary alicyclic amines) is 1. The number of thiophene rings is 1. The summed E-state index contributed by atoms with van der Waals surface area (Å²) in [5.74, 6) is 0.767. The van der Waals surface area contributed by atoms with E-state index in [-0.39, 0.29) is 17.7 Å². The maximum absolute atomic E-state index is 12.5. The molecule has 0 saturated carbocycles. The Labute approximate surface area is 157 Å². The minimum absolute atomic E-state index is 0.00497. The van der Waals surface area contributed by atoms with E-state index < -0.39 is 0 Å². The van der Waals surface area contributed by atoms with E-state index in [4.69, 9.17) is 0 Å². The van der Waals surface area contributed by atoms with Crippen LogP contribution in [0, 0.1) is 5.92 Å². The number of pyridine rings is 1. The first-order valence-electron chi connectivity index (χ1n) is 8.77. The Morgan fingerprint density at radius 3 is 2.85 bits per heavy atom. The van der Waals surface area contributed by atoms with Crippen LogP contribution in [0.1, 0.15) is 28.1 Å². The number of piperidine rings is 1. The molecule has 0 aliphatic carbocycles. The summed E-state index contributed by atoms with van der Waals surface area (Å²) >= 11 is 1.44. The highest BCUT2D eigenvalue weighted by molar-refractivity contribution is 7.12. The summed E-state index contributed by atoms with van der Waals surface area (Å²) in [7, 11) is 3.88. The summed E-state index contributed by atoms with van der Waals surface area (Å²) < 4.78 is 0. The highest BCUT2D eigenvalue weighted by Gasteiger charge is 2.29. The molecule has 6 nitrogen and oxygen atoms in total. The van der Waals surface area contributed by atoms with E-state index in [1.807, 2.05) is 48.6 Å². The molecule has 3 heterocycles. The fourth-order valence-corrected chi connectivity index (χ4v) is 3.74. The molecule has 0 bridgehead atoms. The second-order valence-corrected chi connectivity index (χ2v) is 7.65. The van der Waals surface area contributed by atoms with E-state index in [1.165, 1.54) is 11.3 Å². The molecule has 1 atom stereocenters. The zero-order valence-corrected chi connectivity index (χ0v) is 16.0. The highest BCUT2D eigenvalue weighted by atomic mass is 32.1. The number of hydrogen-bond donors (Lipinski definition) is 1. The SMILES string of the molecule is CN(C)c1ccc(CNC(=O)C2CCCN(C(=O)c3cccs3)C2)cn1. The van der Waals surface area contributed by atoms with Gasteiger partial charge in [-0.2, -0.15) is 0 Å². The quantitative estimate of drug-likeness (QED) is 0.875. The van der Waals surface area contributed by atoms with Gasteiger partial charge < -0.3 is 15.1 Å². The average molecular weight is 372 g/mol. The van der Waals surface area contributed by atoms with Crippen LogP contribution in [0.3, 0.4) is 0 Å². The maximum Gasteiger partial charge on any atom is 0.263 e. The lowest BCUT2D eigenvalue weighted by Gasteiger charge is -2.31. The molecule has 2 aromatic rings. The lowest BCUT2D eigenvalue weighted by molar-refractivity contribution is -0.126. The largest absolute Gasteiger partial charge is 0.363 e. The molecule has 1 unspecified atom stereocenters. The normalized spacial score (nSPS) is 17.0. The van der Waals surface area contributed by atoms with Gasteiger partial charge in [0.15, 0.2) is 0 Å².